The molecule has 7 heteroatoms. The van der Waals surface area contributed by atoms with E-state index in [2.05, 4.69) is 17.4 Å². The highest BCUT2D eigenvalue weighted by Gasteiger charge is 2.45. The van der Waals surface area contributed by atoms with Gasteiger partial charge in [0.15, 0.2) is 15.2 Å². The molecule has 1 N–H and O–H groups in total. The van der Waals surface area contributed by atoms with E-state index in [1.807, 2.05) is 31.2 Å². The highest BCUT2D eigenvalue weighted by atomic mass is 32.2. The first kappa shape index (κ1) is 23.7. The fourth-order valence-corrected chi connectivity index (χ4v) is 6.02. The molecular formula is C27H28N2O4S. The number of benzene rings is 3. The third kappa shape index (κ3) is 5.37. The van der Waals surface area contributed by atoms with Gasteiger partial charge in [-0.25, -0.2) is 8.42 Å². The van der Waals surface area contributed by atoms with Crippen molar-refractivity contribution in [2.24, 2.45) is 0 Å². The smallest absolute Gasteiger partial charge is 0.251 e. The van der Waals surface area contributed by atoms with Gasteiger partial charge in [0.05, 0.1) is 0 Å². The van der Waals surface area contributed by atoms with Crippen LogP contribution >= 0.6 is 0 Å². The number of carbonyl (C=O) groups excluding carboxylic acids is 2. The van der Waals surface area contributed by atoms with Crippen molar-refractivity contribution in [3.05, 3.63) is 101 Å². The maximum Gasteiger partial charge on any atom is 0.251 e. The number of nitrogens with zero attached hydrogens (tertiary/aromatic N) is 1. The number of rotatable bonds is 8. The molecule has 3 aromatic carbocycles. The van der Waals surface area contributed by atoms with Gasteiger partial charge in [0, 0.05) is 17.8 Å². The molecule has 176 valence electrons. The fraction of sp³-hybridized carbons (Fsp3) is 0.259. The molecule has 0 saturated carbocycles. The molecule has 2 amide bonds. The maximum atomic E-state index is 12.9. The summed E-state index contributed by atoms with van der Waals surface area (Å²) < 4.78 is 25.8. The van der Waals surface area contributed by atoms with Gasteiger partial charge in [0.2, 0.25) is 5.91 Å². The van der Waals surface area contributed by atoms with E-state index < -0.39 is 26.9 Å². The average molecular weight is 477 g/mol. The van der Waals surface area contributed by atoms with Crippen LogP contribution in [0.1, 0.15) is 45.3 Å². The Morgan fingerprint density at radius 2 is 1.74 bits per heavy atom. The number of amides is 2. The van der Waals surface area contributed by atoms with Crippen molar-refractivity contribution in [3.8, 4) is 0 Å². The van der Waals surface area contributed by atoms with E-state index >= 15 is 0 Å². The number of hydrogen-bond donors (Lipinski definition) is 1. The monoisotopic (exact) mass is 476 g/mol. The van der Waals surface area contributed by atoms with E-state index in [0.29, 0.717) is 23.4 Å². The van der Waals surface area contributed by atoms with Crippen molar-refractivity contribution in [1.82, 2.24) is 5.32 Å². The summed E-state index contributed by atoms with van der Waals surface area (Å²) >= 11 is 0. The molecule has 1 atom stereocenters. The molecule has 3 aromatic rings. The Morgan fingerprint density at radius 3 is 2.50 bits per heavy atom. The molecule has 6 nitrogen and oxygen atoms in total. The molecule has 0 spiro atoms. The van der Waals surface area contributed by atoms with Gasteiger partial charge in [-0.05, 0) is 67.1 Å². The minimum atomic E-state index is -3.75. The topological polar surface area (TPSA) is 83.6 Å². The van der Waals surface area contributed by atoms with Gasteiger partial charge in [-0.3, -0.25) is 14.5 Å². The van der Waals surface area contributed by atoms with Crippen molar-refractivity contribution in [1.29, 1.82) is 0 Å². The molecule has 34 heavy (non-hydrogen) atoms. The Kier molecular flexibility index (Phi) is 7.12. The summed E-state index contributed by atoms with van der Waals surface area (Å²) in [5.41, 5.74) is 3.51. The number of hydrogen-bond acceptors (Lipinski definition) is 4. The number of anilines is 1. The van der Waals surface area contributed by atoms with Crippen LogP contribution in [0, 0.1) is 6.92 Å². The van der Waals surface area contributed by atoms with E-state index in [9.17, 15) is 18.0 Å². The minimum absolute atomic E-state index is 0.259. The molecule has 1 aliphatic heterocycles. The van der Waals surface area contributed by atoms with Crippen molar-refractivity contribution in [2.75, 3.05) is 17.2 Å². The number of aryl methyl sites for hydroxylation is 2. The highest BCUT2D eigenvalue weighted by molar-refractivity contribution is 7.93. The van der Waals surface area contributed by atoms with Gasteiger partial charge in [-0.15, -0.1) is 0 Å². The van der Waals surface area contributed by atoms with Crippen LogP contribution in [0.25, 0.3) is 0 Å². The van der Waals surface area contributed by atoms with E-state index in [-0.39, 0.29) is 5.91 Å². The van der Waals surface area contributed by atoms with Crippen molar-refractivity contribution in [3.63, 3.8) is 0 Å². The number of unbranched alkanes of at least 4 members (excludes halogenated alkanes) is 1. The summed E-state index contributed by atoms with van der Waals surface area (Å²) in [6.07, 6.45) is 2.75. The Bertz CT molecular complexity index is 1290. The third-order valence-electron chi connectivity index (χ3n) is 5.90. The van der Waals surface area contributed by atoms with Crippen LogP contribution < -0.4 is 10.2 Å². The normalized spacial score (nSPS) is 17.0. The number of nitrogens with one attached hydrogen (secondary N) is 1. The zero-order valence-electron chi connectivity index (χ0n) is 19.1. The van der Waals surface area contributed by atoms with Gasteiger partial charge in [0.1, 0.15) is 5.75 Å². The molecule has 0 bridgehead atoms. The zero-order valence-corrected chi connectivity index (χ0v) is 19.9. The predicted molar refractivity (Wildman–Crippen MR) is 133 cm³/mol. The maximum absolute atomic E-state index is 12.9. The summed E-state index contributed by atoms with van der Waals surface area (Å²) in [4.78, 5) is 26.7. The van der Waals surface area contributed by atoms with Crippen LogP contribution in [0.4, 0.5) is 5.69 Å². The Labute approximate surface area is 200 Å². The predicted octanol–water partition coefficient (Wildman–Crippen LogP) is 4.21. The lowest BCUT2D eigenvalue weighted by atomic mass is 10.1. The summed E-state index contributed by atoms with van der Waals surface area (Å²) in [5.74, 6) is -1.28. The number of carbonyl (C=O) groups is 2. The summed E-state index contributed by atoms with van der Waals surface area (Å²) in [7, 11) is -3.75. The van der Waals surface area contributed by atoms with Gasteiger partial charge < -0.3 is 5.32 Å². The molecule has 0 radical (unpaired) electrons. The van der Waals surface area contributed by atoms with Gasteiger partial charge in [-0.1, -0.05) is 54.6 Å². The lowest BCUT2D eigenvalue weighted by Gasteiger charge is -2.24. The molecule has 1 fully saturated rings. The second-order valence-corrected chi connectivity index (χ2v) is 10.6. The Hall–Kier alpha value is -3.45. The Balaban J connectivity index is 1.46. The van der Waals surface area contributed by atoms with Gasteiger partial charge >= 0.3 is 0 Å². The first-order valence-corrected chi connectivity index (χ1v) is 13.1. The average Bonchev–Trinajstić information content (AvgIpc) is 3.07. The standard InChI is InChI=1S/C27H28N2O4S/c1-20-9-7-15-24(17-20)29-25(30)19-34(32,33)27(29)23-14-8-13-22(18-23)26(31)28-16-6-5-12-21-10-3-2-4-11-21/h2-4,7-11,13-15,17-18,27H,5-6,12,16,19H2,1H3,(H,28,31). The molecule has 1 saturated heterocycles. The molecular weight excluding hydrogens is 448 g/mol. The first-order chi connectivity index (χ1) is 16.3. The van der Waals surface area contributed by atoms with Crippen LogP contribution in [-0.2, 0) is 21.1 Å². The van der Waals surface area contributed by atoms with E-state index in [1.165, 1.54) is 10.5 Å². The molecule has 4 rings (SSSR count). The second kappa shape index (κ2) is 10.2. The molecule has 1 aliphatic rings. The fourth-order valence-electron chi connectivity index (χ4n) is 4.26. The van der Waals surface area contributed by atoms with Crippen LogP contribution in [0.15, 0.2) is 78.9 Å². The lowest BCUT2D eigenvalue weighted by molar-refractivity contribution is -0.115. The molecule has 0 aliphatic carbocycles. The second-order valence-electron chi connectivity index (χ2n) is 8.59. The third-order valence-corrected chi connectivity index (χ3v) is 7.72. The van der Waals surface area contributed by atoms with Crippen molar-refractivity contribution in [2.45, 2.75) is 31.6 Å². The zero-order chi connectivity index (χ0) is 24.1. The van der Waals surface area contributed by atoms with Gasteiger partial charge in [0.25, 0.3) is 5.91 Å². The van der Waals surface area contributed by atoms with E-state index in [4.69, 9.17) is 0 Å². The minimum Gasteiger partial charge on any atom is -0.352 e. The lowest BCUT2D eigenvalue weighted by Crippen LogP contribution is -2.29. The van der Waals surface area contributed by atoms with E-state index in [1.54, 1.807) is 42.5 Å². The largest absolute Gasteiger partial charge is 0.352 e. The number of sulfone groups is 1. The van der Waals surface area contributed by atoms with Crippen LogP contribution in [0.5, 0.6) is 0 Å². The van der Waals surface area contributed by atoms with Gasteiger partial charge in [-0.2, -0.15) is 0 Å². The van der Waals surface area contributed by atoms with Crippen molar-refractivity contribution < 1.29 is 18.0 Å². The summed E-state index contributed by atoms with van der Waals surface area (Å²) in [5, 5.41) is 1.76. The van der Waals surface area contributed by atoms with Crippen LogP contribution in [0.3, 0.4) is 0 Å². The molecule has 1 unspecified atom stereocenters. The summed E-state index contributed by atoms with van der Waals surface area (Å²) in [6, 6.07) is 23.9. The van der Waals surface area contributed by atoms with E-state index in [0.717, 1.165) is 24.8 Å². The Morgan fingerprint density at radius 1 is 0.971 bits per heavy atom. The molecule has 0 aromatic heterocycles. The highest BCUT2D eigenvalue weighted by Crippen LogP contribution is 2.38. The SMILES string of the molecule is Cc1cccc(N2C(=O)CS(=O)(=O)C2c2cccc(C(=O)NCCCCc3ccccc3)c2)c1. The van der Waals surface area contributed by atoms with Crippen LogP contribution in [0.2, 0.25) is 0 Å². The quantitative estimate of drug-likeness (QED) is 0.494. The first-order valence-electron chi connectivity index (χ1n) is 11.4. The molecule has 1 heterocycles. The van der Waals surface area contributed by atoms with Crippen molar-refractivity contribution >= 4 is 27.3 Å². The van der Waals surface area contributed by atoms with Crippen LogP contribution in [-0.4, -0.2) is 32.5 Å². The summed E-state index contributed by atoms with van der Waals surface area (Å²) in [6.45, 7) is 2.42.